The van der Waals surface area contributed by atoms with Crippen LogP contribution in [0.15, 0.2) is 0 Å². The van der Waals surface area contributed by atoms with E-state index in [4.69, 9.17) is 5.84 Å². The molecule has 0 aromatic heterocycles. The lowest BCUT2D eigenvalue weighted by atomic mass is 9.78. The molecule has 1 fully saturated rings. The number of nitrogens with two attached hydrogens (primary N) is 1. The molecule has 0 spiro atoms. The SMILES string of the molecule is CC1CCC(C(CCCC(F)(F)F)NN)CC1. The summed E-state index contributed by atoms with van der Waals surface area (Å²) in [5, 5.41) is 0. The number of nitrogens with one attached hydrogen (secondary N) is 1. The fraction of sp³-hybridized carbons (Fsp3) is 1.00. The summed E-state index contributed by atoms with van der Waals surface area (Å²) in [5.41, 5.74) is 2.71. The van der Waals surface area contributed by atoms with E-state index in [2.05, 4.69) is 12.3 Å². The topological polar surface area (TPSA) is 38.0 Å². The smallest absolute Gasteiger partial charge is 0.271 e. The molecule has 5 heteroatoms. The number of rotatable bonds is 5. The Hall–Kier alpha value is -0.290. The summed E-state index contributed by atoms with van der Waals surface area (Å²) in [6.07, 6.45) is 0.461. The molecule has 0 aromatic carbocycles. The van der Waals surface area contributed by atoms with E-state index < -0.39 is 12.6 Å². The highest BCUT2D eigenvalue weighted by Gasteiger charge is 2.29. The molecule has 3 N–H and O–H groups in total. The highest BCUT2D eigenvalue weighted by atomic mass is 19.4. The summed E-state index contributed by atoms with van der Waals surface area (Å²) >= 11 is 0. The summed E-state index contributed by atoms with van der Waals surface area (Å²) < 4.78 is 36.2. The van der Waals surface area contributed by atoms with Gasteiger partial charge >= 0.3 is 6.18 Å². The maximum atomic E-state index is 12.1. The lowest BCUT2D eigenvalue weighted by Gasteiger charge is -2.32. The minimum Gasteiger partial charge on any atom is -0.271 e. The van der Waals surface area contributed by atoms with E-state index in [1.165, 1.54) is 12.8 Å². The molecular formula is C12H23F3N2. The maximum Gasteiger partial charge on any atom is 0.389 e. The number of hydrogen-bond acceptors (Lipinski definition) is 2. The van der Waals surface area contributed by atoms with Crippen LogP contribution in [0.3, 0.4) is 0 Å². The molecule has 1 aliphatic carbocycles. The standard InChI is InChI=1S/C12H23F3N2/c1-9-4-6-10(7-5-9)11(17-16)3-2-8-12(13,14)15/h9-11,17H,2-8,16H2,1H3. The minimum atomic E-state index is -4.04. The minimum absolute atomic E-state index is 0.0462. The van der Waals surface area contributed by atoms with Gasteiger partial charge in [-0.2, -0.15) is 13.2 Å². The Morgan fingerprint density at radius 1 is 1.24 bits per heavy atom. The van der Waals surface area contributed by atoms with E-state index in [0.717, 1.165) is 18.8 Å². The van der Waals surface area contributed by atoms with E-state index in [-0.39, 0.29) is 12.5 Å². The van der Waals surface area contributed by atoms with Gasteiger partial charge in [-0.05, 0) is 37.5 Å². The molecule has 1 rings (SSSR count). The maximum absolute atomic E-state index is 12.1. The molecule has 0 radical (unpaired) electrons. The van der Waals surface area contributed by atoms with Crippen molar-refractivity contribution in [2.24, 2.45) is 17.7 Å². The van der Waals surface area contributed by atoms with E-state index in [0.29, 0.717) is 12.3 Å². The first-order valence-corrected chi connectivity index (χ1v) is 6.45. The fourth-order valence-electron chi connectivity index (χ4n) is 2.67. The van der Waals surface area contributed by atoms with Crippen LogP contribution >= 0.6 is 0 Å². The molecule has 0 heterocycles. The highest BCUT2D eigenvalue weighted by Crippen LogP contribution is 2.32. The largest absolute Gasteiger partial charge is 0.389 e. The van der Waals surface area contributed by atoms with Crippen molar-refractivity contribution >= 4 is 0 Å². The number of alkyl halides is 3. The van der Waals surface area contributed by atoms with Crippen molar-refractivity contribution in [3.8, 4) is 0 Å². The Morgan fingerprint density at radius 3 is 2.29 bits per heavy atom. The van der Waals surface area contributed by atoms with Gasteiger partial charge in [0.1, 0.15) is 0 Å². The zero-order chi connectivity index (χ0) is 12.9. The van der Waals surface area contributed by atoms with Gasteiger partial charge in [0, 0.05) is 12.5 Å². The third-order valence-corrected chi connectivity index (χ3v) is 3.82. The van der Waals surface area contributed by atoms with Crippen LogP contribution in [0.2, 0.25) is 0 Å². The first-order valence-electron chi connectivity index (χ1n) is 6.45. The monoisotopic (exact) mass is 252 g/mol. The Kier molecular flexibility index (Phi) is 5.73. The quantitative estimate of drug-likeness (QED) is 0.581. The lowest BCUT2D eigenvalue weighted by molar-refractivity contribution is -0.136. The van der Waals surface area contributed by atoms with Crippen LogP contribution in [0, 0.1) is 11.8 Å². The van der Waals surface area contributed by atoms with Crippen LogP contribution in [-0.4, -0.2) is 12.2 Å². The van der Waals surface area contributed by atoms with Crippen LogP contribution in [0.1, 0.15) is 51.9 Å². The third kappa shape index (κ3) is 5.73. The molecule has 17 heavy (non-hydrogen) atoms. The van der Waals surface area contributed by atoms with Crippen molar-refractivity contribution in [3.05, 3.63) is 0 Å². The molecule has 0 amide bonds. The lowest BCUT2D eigenvalue weighted by Crippen LogP contribution is -2.42. The van der Waals surface area contributed by atoms with E-state index in [1.807, 2.05) is 0 Å². The third-order valence-electron chi connectivity index (χ3n) is 3.82. The molecule has 0 saturated heterocycles. The van der Waals surface area contributed by atoms with Gasteiger partial charge in [-0.1, -0.05) is 19.8 Å². The van der Waals surface area contributed by atoms with Gasteiger partial charge in [0.25, 0.3) is 0 Å². The first-order chi connectivity index (χ1) is 7.92. The van der Waals surface area contributed by atoms with Gasteiger partial charge in [-0.25, -0.2) is 0 Å². The Bertz CT molecular complexity index is 210. The molecule has 1 unspecified atom stereocenters. The molecule has 1 saturated carbocycles. The normalized spacial score (nSPS) is 28.1. The molecular weight excluding hydrogens is 229 g/mol. The molecule has 0 bridgehead atoms. The van der Waals surface area contributed by atoms with Crippen LogP contribution in [0.4, 0.5) is 13.2 Å². The van der Waals surface area contributed by atoms with Gasteiger partial charge < -0.3 is 0 Å². The van der Waals surface area contributed by atoms with Crippen LogP contribution in [0.5, 0.6) is 0 Å². The zero-order valence-corrected chi connectivity index (χ0v) is 10.4. The highest BCUT2D eigenvalue weighted by molar-refractivity contribution is 4.79. The molecule has 1 atom stereocenters. The van der Waals surface area contributed by atoms with Gasteiger partial charge in [0.05, 0.1) is 0 Å². The molecule has 0 aromatic rings. The second kappa shape index (κ2) is 6.59. The molecule has 0 aliphatic heterocycles. The average molecular weight is 252 g/mol. The summed E-state index contributed by atoms with van der Waals surface area (Å²) in [5.74, 6) is 6.66. The fourth-order valence-corrected chi connectivity index (χ4v) is 2.67. The van der Waals surface area contributed by atoms with Crippen molar-refractivity contribution < 1.29 is 13.2 Å². The Balaban J connectivity index is 2.28. The van der Waals surface area contributed by atoms with Gasteiger partial charge in [0.2, 0.25) is 0 Å². The first kappa shape index (κ1) is 14.8. The van der Waals surface area contributed by atoms with Crippen molar-refractivity contribution in [1.82, 2.24) is 5.43 Å². The summed E-state index contributed by atoms with van der Waals surface area (Å²) in [6, 6.07) is 0.0462. The van der Waals surface area contributed by atoms with Gasteiger partial charge in [0.15, 0.2) is 0 Å². The second-order valence-electron chi connectivity index (χ2n) is 5.30. The van der Waals surface area contributed by atoms with Crippen molar-refractivity contribution in [1.29, 1.82) is 0 Å². The van der Waals surface area contributed by atoms with Crippen molar-refractivity contribution in [2.45, 2.75) is 64.1 Å². The van der Waals surface area contributed by atoms with Crippen LogP contribution < -0.4 is 11.3 Å². The summed E-state index contributed by atoms with van der Waals surface area (Å²) in [7, 11) is 0. The Labute approximate surface area is 101 Å². The molecule has 1 aliphatic rings. The summed E-state index contributed by atoms with van der Waals surface area (Å²) in [4.78, 5) is 0. The summed E-state index contributed by atoms with van der Waals surface area (Å²) in [6.45, 7) is 2.23. The van der Waals surface area contributed by atoms with Crippen LogP contribution in [0.25, 0.3) is 0 Å². The van der Waals surface area contributed by atoms with Gasteiger partial charge in [-0.3, -0.25) is 11.3 Å². The predicted molar refractivity (Wildman–Crippen MR) is 62.1 cm³/mol. The number of halogens is 3. The zero-order valence-electron chi connectivity index (χ0n) is 10.4. The van der Waals surface area contributed by atoms with Crippen molar-refractivity contribution in [2.75, 3.05) is 0 Å². The Morgan fingerprint density at radius 2 is 1.82 bits per heavy atom. The molecule has 102 valence electrons. The number of hydrogen-bond donors (Lipinski definition) is 2. The van der Waals surface area contributed by atoms with E-state index in [1.54, 1.807) is 0 Å². The van der Waals surface area contributed by atoms with E-state index >= 15 is 0 Å². The van der Waals surface area contributed by atoms with Crippen molar-refractivity contribution in [3.63, 3.8) is 0 Å². The molecule has 2 nitrogen and oxygen atoms in total. The van der Waals surface area contributed by atoms with Crippen LogP contribution in [-0.2, 0) is 0 Å². The predicted octanol–water partition coefficient (Wildman–Crippen LogP) is 3.38. The number of hydrazine groups is 1. The second-order valence-corrected chi connectivity index (χ2v) is 5.30. The van der Waals surface area contributed by atoms with E-state index in [9.17, 15) is 13.2 Å². The van der Waals surface area contributed by atoms with Gasteiger partial charge in [-0.15, -0.1) is 0 Å². The average Bonchev–Trinajstić information content (AvgIpc) is 2.24.